The molecule has 104 valence electrons. The summed E-state index contributed by atoms with van der Waals surface area (Å²) in [5.41, 5.74) is 0. The van der Waals surface area contributed by atoms with E-state index in [4.69, 9.17) is 27.7 Å². The first-order chi connectivity index (χ1) is 8.15. The molecule has 0 rings (SSSR count). The smallest absolute Gasteiger partial charge is 0.907 e. The molecule has 0 saturated carbocycles. The number of unbranched alkanes of at least 4 members (excludes halogenated alkanes) is 9. The van der Waals surface area contributed by atoms with Crippen LogP contribution in [0.15, 0.2) is 0 Å². The van der Waals surface area contributed by atoms with Gasteiger partial charge < -0.3 is 27.7 Å². The summed E-state index contributed by atoms with van der Waals surface area (Å²) in [6.07, 6.45) is 14.0. The Labute approximate surface area is 146 Å². The molecule has 0 amide bonds. The Balaban J connectivity index is -0.000000392. The van der Waals surface area contributed by atoms with Gasteiger partial charge >= 0.3 is 35.6 Å². The fourth-order valence-corrected chi connectivity index (χ4v) is 1.79. The molecule has 0 aromatic heterocycles. The van der Waals surface area contributed by atoms with Crippen LogP contribution in [0.1, 0.15) is 71.1 Å². The van der Waals surface area contributed by atoms with Crippen LogP contribution in [0, 0.1) is 35.6 Å². The molecule has 0 unspecified atom stereocenters. The van der Waals surface area contributed by atoms with Crippen molar-refractivity contribution in [2.75, 3.05) is 5.75 Å². The van der Waals surface area contributed by atoms with Gasteiger partial charge in [0.05, 0.1) is 0 Å². The van der Waals surface area contributed by atoms with Crippen LogP contribution in [-0.2, 0) is 12.6 Å². The van der Waals surface area contributed by atoms with Crippen molar-refractivity contribution in [2.24, 2.45) is 0 Å². The Morgan fingerprint density at radius 1 is 0.722 bits per heavy atom. The van der Waals surface area contributed by atoms with E-state index in [1.807, 2.05) is 0 Å². The SMILES string of the molecule is CCCCCCCCCCCC[S-].[La+3].[O-]B([O-])[O-]. The Morgan fingerprint density at radius 3 is 1.28 bits per heavy atom. The molecule has 0 aliphatic carbocycles. The standard InChI is InChI=1S/C12H26S.BO3.La/c1-2-3-4-5-6-7-8-9-10-11-12-13;2-1(3)4;/h13H,2-12H2,1H3;;/q;-3;+3/p-1. The zero-order valence-corrected chi connectivity index (χ0v) is 16.0. The Morgan fingerprint density at radius 2 is 1.00 bits per heavy atom. The van der Waals surface area contributed by atoms with Gasteiger partial charge in [-0.1, -0.05) is 71.1 Å². The van der Waals surface area contributed by atoms with Crippen molar-refractivity contribution in [3.05, 3.63) is 0 Å². The molecule has 6 heteroatoms. The van der Waals surface area contributed by atoms with Gasteiger partial charge in [-0.3, -0.25) is 7.32 Å². The maximum atomic E-state index is 8.42. The maximum Gasteiger partial charge on any atom is 3.00 e. The van der Waals surface area contributed by atoms with Crippen LogP contribution in [0.4, 0.5) is 0 Å². The van der Waals surface area contributed by atoms with Gasteiger partial charge in [-0.15, -0.1) is 0 Å². The summed E-state index contributed by atoms with van der Waals surface area (Å²) in [5.74, 6) is 0.955. The van der Waals surface area contributed by atoms with Crippen LogP contribution in [0.25, 0.3) is 0 Å². The fourth-order valence-electron chi connectivity index (χ4n) is 1.59. The quantitative estimate of drug-likeness (QED) is 0.305. The second-order valence-corrected chi connectivity index (χ2v) is 4.58. The second kappa shape index (κ2) is 23.6. The minimum atomic E-state index is -2.92. The third kappa shape index (κ3) is 36.0. The molecule has 0 aliphatic heterocycles. The van der Waals surface area contributed by atoms with Gasteiger partial charge in [-0.05, 0) is 0 Å². The van der Waals surface area contributed by atoms with Crippen LogP contribution < -0.4 is 15.1 Å². The zero-order chi connectivity index (χ0) is 13.4. The minimum Gasteiger partial charge on any atom is -0.907 e. The molecule has 0 aromatic carbocycles. The molecular weight excluding hydrogens is 374 g/mol. The van der Waals surface area contributed by atoms with E-state index >= 15 is 0 Å². The normalized spacial score (nSPS) is 9.17. The van der Waals surface area contributed by atoms with Crippen molar-refractivity contribution in [3.63, 3.8) is 0 Å². The predicted octanol–water partition coefficient (Wildman–Crippen LogP) is 0.506. The van der Waals surface area contributed by atoms with Crippen molar-refractivity contribution in [1.82, 2.24) is 0 Å². The fraction of sp³-hybridized carbons (Fsp3) is 1.00. The van der Waals surface area contributed by atoms with Crippen LogP contribution in [0.5, 0.6) is 0 Å². The predicted molar refractivity (Wildman–Crippen MR) is 69.8 cm³/mol. The van der Waals surface area contributed by atoms with Crippen molar-refractivity contribution in [1.29, 1.82) is 0 Å². The van der Waals surface area contributed by atoms with E-state index in [1.165, 1.54) is 64.2 Å². The van der Waals surface area contributed by atoms with Crippen LogP contribution in [0.3, 0.4) is 0 Å². The van der Waals surface area contributed by atoms with E-state index < -0.39 is 7.32 Å². The monoisotopic (exact) mass is 399 g/mol. The van der Waals surface area contributed by atoms with E-state index in [2.05, 4.69) is 6.92 Å². The Hall–Kier alpha value is 1.49. The summed E-state index contributed by atoms with van der Waals surface area (Å²) in [4.78, 5) is 0. The van der Waals surface area contributed by atoms with Crippen LogP contribution in [-0.4, -0.2) is 13.1 Å². The van der Waals surface area contributed by atoms with Gasteiger partial charge in [0.1, 0.15) is 0 Å². The number of hydrogen-bond acceptors (Lipinski definition) is 4. The van der Waals surface area contributed by atoms with Gasteiger partial charge in [-0.25, -0.2) is 0 Å². The molecule has 0 N–H and O–H groups in total. The molecule has 0 aliphatic rings. The van der Waals surface area contributed by atoms with Crippen molar-refractivity contribution < 1.29 is 50.7 Å². The van der Waals surface area contributed by atoms with Gasteiger partial charge in [0.25, 0.3) is 0 Å². The first-order valence-electron chi connectivity index (χ1n) is 6.70. The van der Waals surface area contributed by atoms with E-state index in [1.54, 1.807) is 0 Å². The number of hydrogen-bond donors (Lipinski definition) is 0. The molecule has 0 bridgehead atoms. The van der Waals surface area contributed by atoms with E-state index in [9.17, 15) is 0 Å². The molecule has 0 saturated heterocycles. The average Bonchev–Trinajstić information content (AvgIpc) is 2.26. The van der Waals surface area contributed by atoms with Crippen LogP contribution in [0.2, 0.25) is 0 Å². The summed E-state index contributed by atoms with van der Waals surface area (Å²) < 4.78 is 0. The summed E-state index contributed by atoms with van der Waals surface area (Å²) in [6, 6.07) is 0. The molecule has 18 heavy (non-hydrogen) atoms. The van der Waals surface area contributed by atoms with Crippen molar-refractivity contribution >= 4 is 20.0 Å². The molecule has 0 radical (unpaired) electrons. The summed E-state index contributed by atoms with van der Waals surface area (Å²) in [6.45, 7) is 2.27. The molecular formula is C12H25BLaO3S-. The molecule has 0 atom stereocenters. The van der Waals surface area contributed by atoms with E-state index in [0.29, 0.717) is 0 Å². The van der Waals surface area contributed by atoms with Gasteiger partial charge in [-0.2, -0.15) is 5.75 Å². The zero-order valence-electron chi connectivity index (χ0n) is 11.6. The van der Waals surface area contributed by atoms with Crippen molar-refractivity contribution in [3.8, 4) is 0 Å². The second-order valence-electron chi connectivity index (χ2n) is 4.17. The topological polar surface area (TPSA) is 69.2 Å². The van der Waals surface area contributed by atoms with Crippen molar-refractivity contribution in [2.45, 2.75) is 71.1 Å². The largest absolute Gasteiger partial charge is 3.00 e. The third-order valence-electron chi connectivity index (χ3n) is 2.50. The minimum absolute atomic E-state index is 0. The molecule has 0 heterocycles. The maximum absolute atomic E-state index is 8.42. The summed E-state index contributed by atoms with van der Waals surface area (Å²) in [5, 5.41) is 25.2. The summed E-state index contributed by atoms with van der Waals surface area (Å²) >= 11 is 4.90. The number of rotatable bonds is 10. The van der Waals surface area contributed by atoms with Gasteiger partial charge in [0, 0.05) is 0 Å². The Bertz CT molecular complexity index is 119. The van der Waals surface area contributed by atoms with E-state index in [0.717, 1.165) is 5.75 Å². The summed E-state index contributed by atoms with van der Waals surface area (Å²) in [7, 11) is -2.92. The van der Waals surface area contributed by atoms with Gasteiger partial charge in [0.2, 0.25) is 0 Å². The average molecular weight is 399 g/mol. The van der Waals surface area contributed by atoms with Gasteiger partial charge in [0.15, 0.2) is 0 Å². The first kappa shape index (κ1) is 24.5. The van der Waals surface area contributed by atoms with E-state index in [-0.39, 0.29) is 35.6 Å². The molecule has 0 spiro atoms. The third-order valence-corrected chi connectivity index (χ3v) is 2.79. The molecule has 0 fully saturated rings. The molecule has 3 nitrogen and oxygen atoms in total. The Kier molecular flexibility index (Phi) is 32.1. The molecule has 0 aromatic rings. The first-order valence-corrected chi connectivity index (χ1v) is 7.28. The van der Waals surface area contributed by atoms with Crippen LogP contribution >= 0.6 is 0 Å².